The number of nitrogens with zero attached hydrogens (tertiary/aromatic N) is 3. The van der Waals surface area contributed by atoms with Crippen LogP contribution in [0.3, 0.4) is 0 Å². The fourth-order valence-corrected chi connectivity index (χ4v) is 3.29. The number of hydrogen-bond acceptors (Lipinski definition) is 3. The third-order valence-corrected chi connectivity index (χ3v) is 5.26. The molecule has 30 heavy (non-hydrogen) atoms. The van der Waals surface area contributed by atoms with Crippen LogP contribution in [0.4, 0.5) is 0 Å². The number of aromatic nitrogens is 3. The van der Waals surface area contributed by atoms with Crippen molar-refractivity contribution in [3.63, 3.8) is 0 Å². The molecule has 0 aliphatic carbocycles. The molecule has 0 saturated carbocycles. The Balaban J connectivity index is 1.85. The van der Waals surface area contributed by atoms with Crippen LogP contribution in [0.2, 0.25) is 0 Å². The van der Waals surface area contributed by atoms with E-state index in [0.29, 0.717) is 17.5 Å². The molecule has 0 fully saturated rings. The van der Waals surface area contributed by atoms with Crippen molar-refractivity contribution in [2.45, 2.75) is 40.0 Å². The van der Waals surface area contributed by atoms with Crippen LogP contribution >= 0.6 is 0 Å². The third kappa shape index (κ3) is 4.30. The van der Waals surface area contributed by atoms with Gasteiger partial charge in [0.05, 0.1) is 0 Å². The molecule has 0 bridgehead atoms. The average molecular weight is 394 g/mol. The van der Waals surface area contributed by atoms with Crippen LogP contribution < -0.4 is 0 Å². The third-order valence-electron chi connectivity index (χ3n) is 5.26. The van der Waals surface area contributed by atoms with E-state index in [1.54, 1.807) is 0 Å². The number of rotatable bonds is 3. The number of benzene rings is 3. The maximum atomic E-state index is 4.82. The molecule has 0 atom stereocenters. The zero-order valence-electron chi connectivity index (χ0n) is 18.3. The summed E-state index contributed by atoms with van der Waals surface area (Å²) < 4.78 is 0. The predicted molar refractivity (Wildman–Crippen MR) is 124 cm³/mol. The van der Waals surface area contributed by atoms with Gasteiger partial charge in [-0.1, -0.05) is 105 Å². The van der Waals surface area contributed by atoms with Gasteiger partial charge in [-0.3, -0.25) is 0 Å². The first kappa shape index (κ1) is 20.0. The largest absolute Gasteiger partial charge is 0.208 e. The van der Waals surface area contributed by atoms with Crippen LogP contribution in [0, 0.1) is 13.8 Å². The molecule has 3 aromatic carbocycles. The van der Waals surface area contributed by atoms with Crippen LogP contribution in [0.25, 0.3) is 34.2 Å². The summed E-state index contributed by atoms with van der Waals surface area (Å²) in [7, 11) is 0. The number of hydrogen-bond donors (Lipinski definition) is 0. The lowest BCUT2D eigenvalue weighted by Gasteiger charge is -2.19. The summed E-state index contributed by atoms with van der Waals surface area (Å²) >= 11 is 0. The molecule has 0 unspecified atom stereocenters. The summed E-state index contributed by atoms with van der Waals surface area (Å²) in [6.45, 7) is 10.8. The summed E-state index contributed by atoms with van der Waals surface area (Å²) in [5, 5.41) is 0. The molecule has 0 aliphatic rings. The molecule has 3 heteroatoms. The Labute approximate surface area is 178 Å². The van der Waals surface area contributed by atoms with E-state index in [1.165, 1.54) is 16.7 Å². The zero-order valence-corrected chi connectivity index (χ0v) is 18.3. The lowest BCUT2D eigenvalue weighted by atomic mass is 9.87. The van der Waals surface area contributed by atoms with Crippen molar-refractivity contribution in [1.29, 1.82) is 0 Å². The Morgan fingerprint density at radius 3 is 1.07 bits per heavy atom. The van der Waals surface area contributed by atoms with Crippen LogP contribution in [-0.2, 0) is 5.41 Å². The lowest BCUT2D eigenvalue weighted by molar-refractivity contribution is 0.590. The minimum absolute atomic E-state index is 0.109. The smallest absolute Gasteiger partial charge is 0.164 e. The van der Waals surface area contributed by atoms with Crippen molar-refractivity contribution >= 4 is 0 Å². The molecule has 4 aromatic rings. The Morgan fingerprint density at radius 1 is 0.467 bits per heavy atom. The first-order valence-corrected chi connectivity index (χ1v) is 10.3. The van der Waals surface area contributed by atoms with E-state index < -0.39 is 0 Å². The van der Waals surface area contributed by atoms with E-state index in [0.717, 1.165) is 16.7 Å². The molecule has 4 rings (SSSR count). The highest BCUT2D eigenvalue weighted by atomic mass is 15.0. The minimum Gasteiger partial charge on any atom is -0.208 e. The van der Waals surface area contributed by atoms with E-state index in [-0.39, 0.29) is 5.41 Å². The fraction of sp³-hybridized carbons (Fsp3) is 0.222. The minimum atomic E-state index is 0.109. The standard InChI is InChI=1S/C27H27N3/c1-18-6-10-20(11-7-18)24-28-25(21-12-8-19(2)9-13-21)30-26(29-24)22-14-16-23(17-15-22)27(3,4)5/h6-17H,1-5H3. The summed E-state index contributed by atoms with van der Waals surface area (Å²) in [6.07, 6.45) is 0. The SMILES string of the molecule is Cc1ccc(-c2nc(-c3ccc(C)cc3)nc(-c3ccc(C(C)(C)C)cc3)n2)cc1. The normalized spacial score (nSPS) is 11.5. The fourth-order valence-electron chi connectivity index (χ4n) is 3.29. The van der Waals surface area contributed by atoms with Crippen molar-refractivity contribution in [1.82, 2.24) is 15.0 Å². The molecular weight excluding hydrogens is 366 g/mol. The summed E-state index contributed by atoms with van der Waals surface area (Å²) in [5.74, 6) is 2.07. The lowest BCUT2D eigenvalue weighted by Crippen LogP contribution is -2.10. The van der Waals surface area contributed by atoms with Crippen molar-refractivity contribution in [2.24, 2.45) is 0 Å². The number of aryl methyl sites for hydroxylation is 2. The van der Waals surface area contributed by atoms with Gasteiger partial charge >= 0.3 is 0 Å². The molecule has 150 valence electrons. The zero-order chi connectivity index (χ0) is 21.3. The highest BCUT2D eigenvalue weighted by molar-refractivity contribution is 5.66. The van der Waals surface area contributed by atoms with E-state index in [4.69, 9.17) is 15.0 Å². The molecule has 3 nitrogen and oxygen atoms in total. The quantitative estimate of drug-likeness (QED) is 0.385. The van der Waals surface area contributed by atoms with Gasteiger partial charge in [0.2, 0.25) is 0 Å². The average Bonchev–Trinajstić information content (AvgIpc) is 2.74. The van der Waals surface area contributed by atoms with Gasteiger partial charge in [0, 0.05) is 16.7 Å². The molecule has 0 amide bonds. The summed E-state index contributed by atoms with van der Waals surface area (Å²) in [6, 6.07) is 25.1. The molecule has 0 radical (unpaired) electrons. The first-order chi connectivity index (χ1) is 14.3. The van der Waals surface area contributed by atoms with Gasteiger partial charge in [-0.25, -0.2) is 15.0 Å². The monoisotopic (exact) mass is 393 g/mol. The van der Waals surface area contributed by atoms with Gasteiger partial charge < -0.3 is 0 Å². The van der Waals surface area contributed by atoms with E-state index >= 15 is 0 Å². The molecular formula is C27H27N3. The maximum absolute atomic E-state index is 4.82. The Morgan fingerprint density at radius 2 is 0.767 bits per heavy atom. The van der Waals surface area contributed by atoms with Gasteiger partial charge in [-0.2, -0.15) is 0 Å². The second-order valence-electron chi connectivity index (χ2n) is 8.87. The topological polar surface area (TPSA) is 38.7 Å². The van der Waals surface area contributed by atoms with Gasteiger partial charge in [0.1, 0.15) is 0 Å². The molecule has 0 saturated heterocycles. The van der Waals surface area contributed by atoms with Crippen LogP contribution in [0.1, 0.15) is 37.5 Å². The van der Waals surface area contributed by atoms with Gasteiger partial charge in [-0.15, -0.1) is 0 Å². The first-order valence-electron chi connectivity index (χ1n) is 10.3. The van der Waals surface area contributed by atoms with Crippen molar-refractivity contribution in [3.05, 3.63) is 89.5 Å². The van der Waals surface area contributed by atoms with Gasteiger partial charge in [0.25, 0.3) is 0 Å². The maximum Gasteiger partial charge on any atom is 0.164 e. The van der Waals surface area contributed by atoms with Crippen LogP contribution in [0.15, 0.2) is 72.8 Å². The van der Waals surface area contributed by atoms with E-state index in [1.807, 2.05) is 0 Å². The van der Waals surface area contributed by atoms with Gasteiger partial charge in [-0.05, 0) is 24.8 Å². The second-order valence-corrected chi connectivity index (χ2v) is 8.87. The summed E-state index contributed by atoms with van der Waals surface area (Å²) in [4.78, 5) is 14.4. The molecule has 1 aromatic heterocycles. The van der Waals surface area contributed by atoms with E-state index in [2.05, 4.69) is 107 Å². The Bertz CT molecular complexity index is 1090. The highest BCUT2D eigenvalue weighted by Crippen LogP contribution is 2.27. The van der Waals surface area contributed by atoms with Crippen LogP contribution in [0.5, 0.6) is 0 Å². The van der Waals surface area contributed by atoms with Gasteiger partial charge in [0.15, 0.2) is 17.5 Å². The second kappa shape index (κ2) is 7.83. The highest BCUT2D eigenvalue weighted by Gasteiger charge is 2.15. The predicted octanol–water partition coefficient (Wildman–Crippen LogP) is 6.79. The van der Waals surface area contributed by atoms with Crippen LogP contribution in [-0.4, -0.2) is 15.0 Å². The Kier molecular flexibility index (Phi) is 5.21. The van der Waals surface area contributed by atoms with Crippen molar-refractivity contribution < 1.29 is 0 Å². The van der Waals surface area contributed by atoms with Crippen molar-refractivity contribution in [3.8, 4) is 34.2 Å². The van der Waals surface area contributed by atoms with Crippen molar-refractivity contribution in [2.75, 3.05) is 0 Å². The summed E-state index contributed by atoms with van der Waals surface area (Å²) in [5.41, 5.74) is 6.80. The molecule has 0 aliphatic heterocycles. The molecule has 0 spiro atoms. The van der Waals surface area contributed by atoms with E-state index in [9.17, 15) is 0 Å². The Hall–Kier alpha value is -3.33. The molecule has 0 N–H and O–H groups in total. The molecule has 1 heterocycles.